The molecule has 0 saturated carbocycles. The van der Waals surface area contributed by atoms with Crippen LogP contribution in [0.1, 0.15) is 11.1 Å². The van der Waals surface area contributed by atoms with Gasteiger partial charge in [0.2, 0.25) is 5.91 Å². The van der Waals surface area contributed by atoms with Crippen LogP contribution in [-0.2, 0) is 27.2 Å². The number of amides is 1. The van der Waals surface area contributed by atoms with E-state index in [2.05, 4.69) is 17.4 Å². The molecule has 21 heavy (non-hydrogen) atoms. The van der Waals surface area contributed by atoms with Gasteiger partial charge in [-0.3, -0.25) is 4.79 Å². The molecule has 1 aromatic carbocycles. The van der Waals surface area contributed by atoms with Crippen molar-refractivity contribution in [1.82, 2.24) is 10.2 Å². The molecule has 1 aliphatic rings. The Kier molecular flexibility index (Phi) is 6.17. The van der Waals surface area contributed by atoms with Gasteiger partial charge in [-0.05, 0) is 17.5 Å². The zero-order valence-corrected chi connectivity index (χ0v) is 12.8. The van der Waals surface area contributed by atoms with Crippen LogP contribution in [0.15, 0.2) is 24.3 Å². The summed E-state index contributed by atoms with van der Waals surface area (Å²) in [5, 5.41) is 3.34. The molecule has 1 atom stereocenters. The predicted molar refractivity (Wildman–Crippen MR) is 81.1 cm³/mol. The monoisotopic (exact) mass is 292 g/mol. The molecule has 0 unspecified atom stereocenters. The van der Waals surface area contributed by atoms with Gasteiger partial charge in [-0.25, -0.2) is 0 Å². The molecule has 5 heteroatoms. The number of nitrogens with one attached hydrogen (secondary N) is 1. The molecule has 1 N–H and O–H groups in total. The maximum atomic E-state index is 12.7. The van der Waals surface area contributed by atoms with Gasteiger partial charge in [0.25, 0.3) is 0 Å². The third kappa shape index (κ3) is 4.27. The molecular weight excluding hydrogens is 268 g/mol. The highest BCUT2D eigenvalue weighted by molar-refractivity contribution is 5.82. The van der Waals surface area contributed by atoms with Crippen molar-refractivity contribution in [1.29, 1.82) is 0 Å². The summed E-state index contributed by atoms with van der Waals surface area (Å²) in [5.41, 5.74) is 2.54. The summed E-state index contributed by atoms with van der Waals surface area (Å²) in [6.07, 6.45) is 0.742. The summed E-state index contributed by atoms with van der Waals surface area (Å²) >= 11 is 0. The first-order valence-corrected chi connectivity index (χ1v) is 7.33. The van der Waals surface area contributed by atoms with Crippen LogP contribution in [0, 0.1) is 0 Å². The van der Waals surface area contributed by atoms with Crippen LogP contribution < -0.4 is 5.32 Å². The van der Waals surface area contributed by atoms with Crippen LogP contribution in [0.4, 0.5) is 0 Å². The number of benzene rings is 1. The summed E-state index contributed by atoms with van der Waals surface area (Å²) in [6, 6.07) is 8.11. The Balaban J connectivity index is 2.00. The van der Waals surface area contributed by atoms with E-state index < -0.39 is 0 Å². The third-order valence-corrected chi connectivity index (χ3v) is 3.82. The molecule has 0 aromatic heterocycles. The quantitative estimate of drug-likeness (QED) is 0.808. The molecular formula is C16H24N2O3. The Morgan fingerprint density at radius 2 is 1.81 bits per heavy atom. The van der Waals surface area contributed by atoms with Crippen LogP contribution in [0.2, 0.25) is 0 Å². The molecule has 5 nitrogen and oxygen atoms in total. The highest BCUT2D eigenvalue weighted by atomic mass is 16.5. The Labute approximate surface area is 126 Å². The standard InChI is InChI=1S/C16H24N2O3/c1-20-9-7-18(8-10-21-2)16(19)15-11-13-5-3-4-6-14(13)12-17-15/h3-6,15,17H,7-12H2,1-2H3/t15-/m1/s1. The van der Waals surface area contributed by atoms with E-state index in [1.165, 1.54) is 11.1 Å². The van der Waals surface area contributed by atoms with Crippen LogP contribution in [0.3, 0.4) is 0 Å². The van der Waals surface area contributed by atoms with Crippen molar-refractivity contribution in [3.63, 3.8) is 0 Å². The summed E-state index contributed by atoms with van der Waals surface area (Å²) < 4.78 is 10.2. The second-order valence-electron chi connectivity index (χ2n) is 5.22. The van der Waals surface area contributed by atoms with Crippen molar-refractivity contribution in [3.05, 3.63) is 35.4 Å². The summed E-state index contributed by atoms with van der Waals surface area (Å²) in [4.78, 5) is 14.5. The van der Waals surface area contributed by atoms with Gasteiger partial charge in [0.1, 0.15) is 0 Å². The van der Waals surface area contributed by atoms with Crippen molar-refractivity contribution in [3.8, 4) is 0 Å². The fraction of sp³-hybridized carbons (Fsp3) is 0.562. The highest BCUT2D eigenvalue weighted by Crippen LogP contribution is 2.17. The van der Waals surface area contributed by atoms with E-state index in [0.717, 1.165) is 13.0 Å². The van der Waals surface area contributed by atoms with Crippen LogP contribution in [0.25, 0.3) is 0 Å². The molecule has 2 rings (SSSR count). The average Bonchev–Trinajstić information content (AvgIpc) is 2.54. The van der Waals surface area contributed by atoms with E-state index in [4.69, 9.17) is 9.47 Å². The zero-order valence-electron chi connectivity index (χ0n) is 12.8. The van der Waals surface area contributed by atoms with Crippen molar-refractivity contribution in [2.24, 2.45) is 0 Å². The number of ether oxygens (including phenoxy) is 2. The molecule has 1 heterocycles. The molecule has 0 aliphatic carbocycles. The summed E-state index contributed by atoms with van der Waals surface area (Å²) in [6.45, 7) is 3.02. The fourth-order valence-electron chi connectivity index (χ4n) is 2.58. The maximum absolute atomic E-state index is 12.7. The third-order valence-electron chi connectivity index (χ3n) is 3.82. The van der Waals surface area contributed by atoms with Crippen molar-refractivity contribution < 1.29 is 14.3 Å². The Morgan fingerprint density at radius 3 is 2.43 bits per heavy atom. The Bertz CT molecular complexity index is 457. The normalized spacial score (nSPS) is 17.3. The predicted octanol–water partition coefficient (Wildman–Crippen LogP) is 0.822. The van der Waals surface area contributed by atoms with Gasteiger partial charge >= 0.3 is 0 Å². The van der Waals surface area contributed by atoms with E-state index in [1.807, 2.05) is 17.0 Å². The summed E-state index contributed by atoms with van der Waals surface area (Å²) in [7, 11) is 3.29. The molecule has 0 saturated heterocycles. The SMILES string of the molecule is COCCN(CCOC)C(=O)[C@H]1Cc2ccccc2CN1. The summed E-state index contributed by atoms with van der Waals surface area (Å²) in [5.74, 6) is 0.124. The lowest BCUT2D eigenvalue weighted by molar-refractivity contribution is -0.135. The number of carbonyl (C=O) groups is 1. The number of rotatable bonds is 7. The molecule has 1 amide bonds. The number of nitrogens with zero attached hydrogens (tertiary/aromatic N) is 1. The largest absolute Gasteiger partial charge is 0.383 e. The van der Waals surface area contributed by atoms with Crippen molar-refractivity contribution in [2.45, 2.75) is 19.0 Å². The lowest BCUT2D eigenvalue weighted by atomic mass is 9.95. The molecule has 0 radical (unpaired) electrons. The first-order chi connectivity index (χ1) is 10.3. The molecule has 116 valence electrons. The van der Waals surface area contributed by atoms with Gasteiger partial charge in [0.05, 0.1) is 19.3 Å². The topological polar surface area (TPSA) is 50.8 Å². The number of fused-ring (bicyclic) bond motifs is 1. The van der Waals surface area contributed by atoms with E-state index in [9.17, 15) is 4.79 Å². The highest BCUT2D eigenvalue weighted by Gasteiger charge is 2.27. The van der Waals surface area contributed by atoms with Crippen LogP contribution in [-0.4, -0.2) is 57.4 Å². The molecule has 0 bridgehead atoms. The van der Waals surface area contributed by atoms with Crippen molar-refractivity contribution >= 4 is 5.91 Å². The minimum absolute atomic E-state index is 0.124. The lowest BCUT2D eigenvalue weighted by Gasteiger charge is -2.31. The molecule has 1 aliphatic heterocycles. The first kappa shape index (κ1) is 15.9. The minimum Gasteiger partial charge on any atom is -0.383 e. The fourth-order valence-corrected chi connectivity index (χ4v) is 2.58. The number of hydrogen-bond acceptors (Lipinski definition) is 4. The first-order valence-electron chi connectivity index (χ1n) is 7.33. The second-order valence-corrected chi connectivity index (χ2v) is 5.22. The smallest absolute Gasteiger partial charge is 0.240 e. The van der Waals surface area contributed by atoms with E-state index in [0.29, 0.717) is 26.3 Å². The Hall–Kier alpha value is -1.43. The molecule has 0 fully saturated rings. The van der Waals surface area contributed by atoms with Crippen LogP contribution in [0.5, 0.6) is 0 Å². The lowest BCUT2D eigenvalue weighted by Crippen LogP contribution is -2.51. The van der Waals surface area contributed by atoms with Crippen LogP contribution >= 0.6 is 0 Å². The van der Waals surface area contributed by atoms with Gasteiger partial charge in [0.15, 0.2) is 0 Å². The van der Waals surface area contributed by atoms with E-state index in [1.54, 1.807) is 14.2 Å². The minimum atomic E-state index is -0.159. The number of hydrogen-bond donors (Lipinski definition) is 1. The molecule has 0 spiro atoms. The second kappa shape index (κ2) is 8.12. The maximum Gasteiger partial charge on any atom is 0.240 e. The Morgan fingerprint density at radius 1 is 1.19 bits per heavy atom. The van der Waals surface area contributed by atoms with Gasteiger partial charge < -0.3 is 19.7 Å². The number of methoxy groups -OCH3 is 2. The van der Waals surface area contributed by atoms with Gasteiger partial charge in [-0.1, -0.05) is 24.3 Å². The van der Waals surface area contributed by atoms with Gasteiger partial charge in [-0.15, -0.1) is 0 Å². The van der Waals surface area contributed by atoms with Crippen molar-refractivity contribution in [2.75, 3.05) is 40.5 Å². The zero-order chi connectivity index (χ0) is 15.1. The molecule has 1 aromatic rings. The van der Waals surface area contributed by atoms with Gasteiger partial charge in [0, 0.05) is 33.9 Å². The number of carbonyl (C=O) groups excluding carboxylic acids is 1. The van der Waals surface area contributed by atoms with E-state index in [-0.39, 0.29) is 11.9 Å². The van der Waals surface area contributed by atoms with Gasteiger partial charge in [-0.2, -0.15) is 0 Å². The van der Waals surface area contributed by atoms with E-state index >= 15 is 0 Å². The average molecular weight is 292 g/mol.